The zero-order chi connectivity index (χ0) is 28.7. The third-order valence-electron chi connectivity index (χ3n) is 6.98. The molecule has 0 bridgehead atoms. The minimum Gasteiger partial charge on any atom is -0.497 e. The lowest BCUT2D eigenvalue weighted by Gasteiger charge is -2.33. The van der Waals surface area contributed by atoms with Gasteiger partial charge in [-0.15, -0.1) is 0 Å². The Labute approximate surface area is 229 Å². The standard InChI is InChI=1S/C27H36N4O7S/c1-19-10-13-23(31(34)35)16-25(19)30(39(4,36)37)18-26(32)29(17-21-11-14-24(38-3)15-12-21)20(2)27(33)28-22-8-6-5-7-9-22/h10-16,20,22H,5-9,17-18H2,1-4H3,(H,28,33)/t20-/m0/s1. The van der Waals surface area contributed by atoms with E-state index < -0.39 is 33.4 Å². The van der Waals surface area contributed by atoms with E-state index in [1.165, 1.54) is 24.1 Å². The second-order valence-corrected chi connectivity index (χ2v) is 11.8. The molecule has 0 heterocycles. The van der Waals surface area contributed by atoms with Gasteiger partial charge in [-0.3, -0.25) is 24.0 Å². The van der Waals surface area contributed by atoms with Gasteiger partial charge in [0, 0.05) is 24.7 Å². The summed E-state index contributed by atoms with van der Waals surface area (Å²) in [5, 5.41) is 14.4. The number of aryl methyl sites for hydroxylation is 1. The van der Waals surface area contributed by atoms with E-state index >= 15 is 0 Å². The Hall–Kier alpha value is -3.67. The molecule has 12 heteroatoms. The molecule has 11 nitrogen and oxygen atoms in total. The van der Waals surface area contributed by atoms with Gasteiger partial charge in [-0.05, 0) is 49.9 Å². The Balaban J connectivity index is 1.93. The molecule has 0 saturated heterocycles. The molecule has 0 radical (unpaired) electrons. The summed E-state index contributed by atoms with van der Waals surface area (Å²) < 4.78 is 31.7. The fraction of sp³-hybridized carbons (Fsp3) is 0.481. The second kappa shape index (κ2) is 12.9. The predicted octanol–water partition coefficient (Wildman–Crippen LogP) is 3.54. The molecule has 1 N–H and O–H groups in total. The van der Waals surface area contributed by atoms with Crippen LogP contribution in [0.2, 0.25) is 0 Å². The summed E-state index contributed by atoms with van der Waals surface area (Å²) >= 11 is 0. The molecular weight excluding hydrogens is 524 g/mol. The smallest absolute Gasteiger partial charge is 0.271 e. The number of anilines is 1. The van der Waals surface area contributed by atoms with Crippen molar-refractivity contribution in [3.05, 3.63) is 63.7 Å². The Morgan fingerprint density at radius 2 is 1.77 bits per heavy atom. The lowest BCUT2D eigenvalue weighted by molar-refractivity contribution is -0.384. The third kappa shape index (κ3) is 7.92. The molecule has 1 saturated carbocycles. The van der Waals surface area contributed by atoms with Crippen molar-refractivity contribution in [1.82, 2.24) is 10.2 Å². The molecule has 0 spiro atoms. The first-order valence-electron chi connectivity index (χ1n) is 12.9. The molecule has 1 aliphatic rings. The molecule has 2 aromatic carbocycles. The van der Waals surface area contributed by atoms with E-state index in [9.17, 15) is 28.1 Å². The van der Waals surface area contributed by atoms with Gasteiger partial charge < -0.3 is 15.0 Å². The first-order chi connectivity index (χ1) is 18.4. The van der Waals surface area contributed by atoms with Crippen LogP contribution in [0.4, 0.5) is 11.4 Å². The predicted molar refractivity (Wildman–Crippen MR) is 148 cm³/mol. The fourth-order valence-corrected chi connectivity index (χ4v) is 5.55. The maximum atomic E-state index is 13.8. The molecular formula is C27H36N4O7S. The summed E-state index contributed by atoms with van der Waals surface area (Å²) in [5.74, 6) is -0.307. The molecule has 2 amide bonds. The van der Waals surface area contributed by atoms with E-state index in [4.69, 9.17) is 4.74 Å². The zero-order valence-corrected chi connectivity index (χ0v) is 23.6. The van der Waals surface area contributed by atoms with Crippen molar-refractivity contribution in [1.29, 1.82) is 0 Å². The van der Waals surface area contributed by atoms with Crippen molar-refractivity contribution in [2.75, 3.05) is 24.2 Å². The van der Waals surface area contributed by atoms with Crippen LogP contribution in [0.3, 0.4) is 0 Å². The quantitative estimate of drug-likeness (QED) is 0.328. The number of benzene rings is 2. The monoisotopic (exact) mass is 560 g/mol. The first-order valence-corrected chi connectivity index (χ1v) is 14.7. The van der Waals surface area contributed by atoms with Crippen molar-refractivity contribution in [3.8, 4) is 5.75 Å². The van der Waals surface area contributed by atoms with Crippen molar-refractivity contribution in [3.63, 3.8) is 0 Å². The van der Waals surface area contributed by atoms with E-state index in [0.717, 1.165) is 54.3 Å². The number of nitrogens with one attached hydrogen (secondary N) is 1. The van der Waals surface area contributed by atoms with Crippen molar-refractivity contribution < 1.29 is 27.7 Å². The molecule has 212 valence electrons. The molecule has 1 fully saturated rings. The topological polar surface area (TPSA) is 139 Å². The van der Waals surface area contributed by atoms with Crippen molar-refractivity contribution in [2.45, 2.75) is 64.6 Å². The van der Waals surface area contributed by atoms with Gasteiger partial charge >= 0.3 is 0 Å². The van der Waals surface area contributed by atoms with Crippen LogP contribution in [0.15, 0.2) is 42.5 Å². The molecule has 2 aromatic rings. The highest BCUT2D eigenvalue weighted by Gasteiger charge is 2.32. The summed E-state index contributed by atoms with van der Waals surface area (Å²) in [4.78, 5) is 39.1. The van der Waals surface area contributed by atoms with Crippen molar-refractivity contribution in [2.24, 2.45) is 0 Å². The van der Waals surface area contributed by atoms with Gasteiger partial charge in [0.05, 0.1) is 24.0 Å². The number of amides is 2. The van der Waals surface area contributed by atoms with Crippen LogP contribution >= 0.6 is 0 Å². The summed E-state index contributed by atoms with van der Waals surface area (Å²) in [7, 11) is -2.48. The number of nitro groups is 1. The highest BCUT2D eigenvalue weighted by molar-refractivity contribution is 7.92. The number of rotatable bonds is 11. The number of ether oxygens (including phenoxy) is 1. The zero-order valence-electron chi connectivity index (χ0n) is 22.8. The van der Waals surface area contributed by atoms with Gasteiger partial charge in [-0.1, -0.05) is 37.5 Å². The minimum absolute atomic E-state index is 0.0313. The summed E-state index contributed by atoms with van der Waals surface area (Å²) in [6.07, 6.45) is 5.87. The van der Waals surface area contributed by atoms with E-state index in [0.29, 0.717) is 11.3 Å². The number of hydrogen-bond acceptors (Lipinski definition) is 7. The van der Waals surface area contributed by atoms with E-state index in [2.05, 4.69) is 5.32 Å². The van der Waals surface area contributed by atoms with Crippen LogP contribution < -0.4 is 14.4 Å². The Bertz CT molecular complexity index is 1290. The number of carbonyl (C=O) groups excluding carboxylic acids is 2. The number of non-ortho nitro benzene ring substituents is 1. The van der Waals surface area contributed by atoms with Gasteiger partial charge in [0.15, 0.2) is 0 Å². The molecule has 1 aliphatic carbocycles. The number of nitrogens with zero attached hydrogens (tertiary/aromatic N) is 3. The normalized spacial score (nSPS) is 14.8. The fourth-order valence-electron chi connectivity index (χ4n) is 4.65. The lowest BCUT2D eigenvalue weighted by Crippen LogP contribution is -2.53. The summed E-state index contributed by atoms with van der Waals surface area (Å²) in [5.41, 5.74) is 0.901. The first kappa shape index (κ1) is 29.9. The lowest BCUT2D eigenvalue weighted by atomic mass is 9.95. The van der Waals surface area contributed by atoms with Gasteiger partial charge in [0.2, 0.25) is 21.8 Å². The molecule has 0 aromatic heterocycles. The van der Waals surface area contributed by atoms with Crippen LogP contribution in [-0.4, -0.2) is 62.0 Å². The summed E-state index contributed by atoms with van der Waals surface area (Å²) in [6, 6.07) is 9.99. The molecule has 0 unspecified atom stereocenters. The highest BCUT2D eigenvalue weighted by Crippen LogP contribution is 2.28. The van der Waals surface area contributed by atoms with Crippen LogP contribution in [0, 0.1) is 17.0 Å². The SMILES string of the molecule is COc1ccc(CN(C(=O)CN(c2cc([N+](=O)[O-])ccc2C)S(C)(=O)=O)[C@@H](C)C(=O)NC2CCCCC2)cc1. The van der Waals surface area contributed by atoms with Gasteiger partial charge in [-0.25, -0.2) is 8.42 Å². The molecule has 39 heavy (non-hydrogen) atoms. The largest absolute Gasteiger partial charge is 0.497 e. The maximum Gasteiger partial charge on any atom is 0.271 e. The number of sulfonamides is 1. The average molecular weight is 561 g/mol. The number of carbonyl (C=O) groups is 2. The van der Waals surface area contributed by atoms with Gasteiger partial charge in [-0.2, -0.15) is 0 Å². The Morgan fingerprint density at radius 3 is 2.33 bits per heavy atom. The van der Waals surface area contributed by atoms with Crippen LogP contribution in [0.25, 0.3) is 0 Å². The van der Waals surface area contributed by atoms with E-state index in [1.807, 2.05) is 0 Å². The second-order valence-electron chi connectivity index (χ2n) is 9.89. The Morgan fingerprint density at radius 1 is 1.13 bits per heavy atom. The van der Waals surface area contributed by atoms with Crippen molar-refractivity contribution >= 4 is 33.2 Å². The number of nitro benzene ring substituents is 1. The van der Waals surface area contributed by atoms with E-state index in [1.54, 1.807) is 38.1 Å². The van der Waals surface area contributed by atoms with Crippen LogP contribution in [-0.2, 0) is 26.2 Å². The third-order valence-corrected chi connectivity index (χ3v) is 8.11. The Kier molecular flexibility index (Phi) is 9.90. The molecule has 1 atom stereocenters. The minimum atomic E-state index is -4.02. The highest BCUT2D eigenvalue weighted by atomic mass is 32.2. The molecule has 0 aliphatic heterocycles. The average Bonchev–Trinajstić information content (AvgIpc) is 2.90. The van der Waals surface area contributed by atoms with Crippen LogP contribution in [0.5, 0.6) is 5.75 Å². The number of hydrogen-bond donors (Lipinski definition) is 1. The number of methoxy groups -OCH3 is 1. The molecule has 3 rings (SSSR count). The summed E-state index contributed by atoms with van der Waals surface area (Å²) in [6.45, 7) is 2.64. The van der Waals surface area contributed by atoms with E-state index in [-0.39, 0.29) is 29.9 Å². The van der Waals surface area contributed by atoms with Crippen LogP contribution in [0.1, 0.15) is 50.2 Å². The van der Waals surface area contributed by atoms with Gasteiger partial charge in [0.1, 0.15) is 18.3 Å². The van der Waals surface area contributed by atoms with Gasteiger partial charge in [0.25, 0.3) is 5.69 Å². The maximum absolute atomic E-state index is 13.8.